The van der Waals surface area contributed by atoms with Crippen molar-refractivity contribution in [1.29, 1.82) is 0 Å². The first-order valence-electron chi connectivity index (χ1n) is 6.27. The molecule has 1 aromatic rings. The van der Waals surface area contributed by atoms with Gasteiger partial charge in [0.05, 0.1) is 10.5 Å². The average molecular weight is 297 g/mol. The van der Waals surface area contributed by atoms with Crippen molar-refractivity contribution in [3.8, 4) is 0 Å². The molecule has 0 aliphatic heterocycles. The highest BCUT2D eigenvalue weighted by Gasteiger charge is 2.19. The van der Waals surface area contributed by atoms with Gasteiger partial charge in [-0.1, -0.05) is 24.6 Å². The summed E-state index contributed by atoms with van der Waals surface area (Å²) in [5, 5.41) is 8.96. The maximum absolute atomic E-state index is 12.2. The number of carboxylic acid groups (broad SMARTS) is 1. The molecule has 20 heavy (non-hydrogen) atoms. The van der Waals surface area contributed by atoms with Crippen LogP contribution in [0.25, 0.3) is 0 Å². The largest absolute Gasteiger partial charge is 0.478 e. The van der Waals surface area contributed by atoms with E-state index in [1.807, 2.05) is 20.8 Å². The molecule has 0 heterocycles. The van der Waals surface area contributed by atoms with Crippen LogP contribution in [0.3, 0.4) is 0 Å². The molecule has 6 heteroatoms. The Morgan fingerprint density at radius 1 is 1.35 bits per heavy atom. The number of aryl methyl sites for hydroxylation is 1. The lowest BCUT2D eigenvalue weighted by atomic mass is 10.1. The third kappa shape index (κ3) is 4.18. The second-order valence-corrected chi connectivity index (χ2v) is 6.35. The molecule has 2 N–H and O–H groups in total. The van der Waals surface area contributed by atoms with Crippen LogP contribution < -0.4 is 4.72 Å². The van der Waals surface area contributed by atoms with Crippen LogP contribution >= 0.6 is 0 Å². The monoisotopic (exact) mass is 297 g/mol. The van der Waals surface area contributed by atoms with E-state index in [9.17, 15) is 13.2 Å². The molecule has 1 aromatic carbocycles. The molecule has 0 aromatic heterocycles. The summed E-state index contributed by atoms with van der Waals surface area (Å²) in [6, 6.07) is 4.15. The van der Waals surface area contributed by atoms with Crippen LogP contribution in [-0.2, 0) is 16.4 Å². The van der Waals surface area contributed by atoms with Crippen molar-refractivity contribution in [1.82, 2.24) is 4.72 Å². The van der Waals surface area contributed by atoms with Gasteiger partial charge in [0.1, 0.15) is 0 Å². The Hall–Kier alpha value is -1.66. The molecule has 0 saturated heterocycles. The minimum absolute atomic E-state index is 0.0297. The third-order valence-corrected chi connectivity index (χ3v) is 4.27. The van der Waals surface area contributed by atoms with Crippen LogP contribution in [0, 0.1) is 0 Å². The quantitative estimate of drug-likeness (QED) is 0.788. The SMILES string of the molecule is CCc1ccc(C(=O)O)cc1S(=O)(=O)NCC=C(C)C. The summed E-state index contributed by atoms with van der Waals surface area (Å²) < 4.78 is 26.9. The van der Waals surface area contributed by atoms with Gasteiger partial charge in [-0.25, -0.2) is 17.9 Å². The van der Waals surface area contributed by atoms with Crippen molar-refractivity contribution in [2.45, 2.75) is 32.1 Å². The lowest BCUT2D eigenvalue weighted by Gasteiger charge is -2.10. The third-order valence-electron chi connectivity index (χ3n) is 2.77. The van der Waals surface area contributed by atoms with E-state index in [0.29, 0.717) is 12.0 Å². The second-order valence-electron chi connectivity index (χ2n) is 4.61. The highest BCUT2D eigenvalue weighted by atomic mass is 32.2. The molecule has 0 atom stereocenters. The van der Waals surface area contributed by atoms with Gasteiger partial charge in [-0.05, 0) is 38.0 Å². The smallest absolute Gasteiger partial charge is 0.335 e. The minimum Gasteiger partial charge on any atom is -0.478 e. The van der Waals surface area contributed by atoms with Crippen LogP contribution in [0.4, 0.5) is 0 Å². The minimum atomic E-state index is -3.71. The zero-order chi connectivity index (χ0) is 15.3. The van der Waals surface area contributed by atoms with Crippen LogP contribution in [0.15, 0.2) is 34.7 Å². The van der Waals surface area contributed by atoms with Gasteiger partial charge >= 0.3 is 5.97 Å². The van der Waals surface area contributed by atoms with Crippen LogP contribution in [0.1, 0.15) is 36.7 Å². The molecule has 0 aliphatic carbocycles. The number of sulfonamides is 1. The maximum Gasteiger partial charge on any atom is 0.335 e. The topological polar surface area (TPSA) is 83.5 Å². The first-order chi connectivity index (χ1) is 9.27. The Morgan fingerprint density at radius 3 is 2.50 bits per heavy atom. The zero-order valence-electron chi connectivity index (χ0n) is 11.8. The van der Waals surface area contributed by atoms with Crippen LogP contribution in [0.2, 0.25) is 0 Å². The van der Waals surface area contributed by atoms with Gasteiger partial charge in [-0.3, -0.25) is 0 Å². The standard InChI is InChI=1S/C14H19NO4S/c1-4-11-5-6-12(14(16)17)9-13(11)20(18,19)15-8-7-10(2)3/h5-7,9,15H,4,8H2,1-3H3,(H,16,17). The molecular formula is C14H19NO4S. The van der Waals surface area contributed by atoms with Crippen LogP contribution in [-0.4, -0.2) is 26.0 Å². The van der Waals surface area contributed by atoms with E-state index in [1.165, 1.54) is 12.1 Å². The highest BCUT2D eigenvalue weighted by molar-refractivity contribution is 7.89. The van der Waals surface area contributed by atoms with Gasteiger partial charge in [-0.15, -0.1) is 0 Å². The molecule has 0 saturated carbocycles. The molecule has 0 spiro atoms. The molecule has 0 radical (unpaired) electrons. The first kappa shape index (κ1) is 16.4. The summed E-state index contributed by atoms with van der Waals surface area (Å²) in [7, 11) is -3.71. The first-order valence-corrected chi connectivity index (χ1v) is 7.75. The van der Waals surface area contributed by atoms with Crippen molar-refractivity contribution >= 4 is 16.0 Å². The Bertz CT molecular complexity index is 629. The van der Waals surface area contributed by atoms with Crippen molar-refractivity contribution < 1.29 is 18.3 Å². The lowest BCUT2D eigenvalue weighted by Crippen LogP contribution is -2.25. The normalized spacial score (nSPS) is 11.2. The maximum atomic E-state index is 12.2. The molecule has 110 valence electrons. The molecular weight excluding hydrogens is 278 g/mol. The van der Waals surface area contributed by atoms with E-state index in [0.717, 1.165) is 5.57 Å². The molecule has 0 bridgehead atoms. The second kappa shape index (κ2) is 6.67. The fraction of sp³-hybridized carbons (Fsp3) is 0.357. The van der Waals surface area contributed by atoms with Crippen molar-refractivity contribution in [2.75, 3.05) is 6.54 Å². The summed E-state index contributed by atoms with van der Waals surface area (Å²) in [6.07, 6.45) is 2.27. The summed E-state index contributed by atoms with van der Waals surface area (Å²) >= 11 is 0. The number of carbonyl (C=O) groups is 1. The highest BCUT2D eigenvalue weighted by Crippen LogP contribution is 2.18. The van der Waals surface area contributed by atoms with E-state index in [-0.39, 0.29) is 17.0 Å². The van der Waals surface area contributed by atoms with Gasteiger partial charge in [0.2, 0.25) is 10.0 Å². The molecule has 0 unspecified atom stereocenters. The fourth-order valence-electron chi connectivity index (χ4n) is 1.66. The van der Waals surface area contributed by atoms with Gasteiger partial charge in [-0.2, -0.15) is 0 Å². The number of carboxylic acids is 1. The van der Waals surface area contributed by atoms with Gasteiger partial charge in [0, 0.05) is 6.54 Å². The number of nitrogens with one attached hydrogen (secondary N) is 1. The predicted molar refractivity (Wildman–Crippen MR) is 77.4 cm³/mol. The van der Waals surface area contributed by atoms with Gasteiger partial charge in [0.15, 0.2) is 0 Å². The van der Waals surface area contributed by atoms with Crippen LogP contribution in [0.5, 0.6) is 0 Å². The van der Waals surface area contributed by atoms with E-state index in [4.69, 9.17) is 5.11 Å². The Balaban J connectivity index is 3.18. The molecule has 5 nitrogen and oxygen atoms in total. The van der Waals surface area contributed by atoms with E-state index in [1.54, 1.807) is 12.1 Å². The van der Waals surface area contributed by atoms with E-state index in [2.05, 4.69) is 4.72 Å². The van der Waals surface area contributed by atoms with Crippen molar-refractivity contribution in [2.24, 2.45) is 0 Å². The Kier molecular flexibility index (Phi) is 5.47. The Labute approximate surface area is 119 Å². The van der Waals surface area contributed by atoms with E-state index >= 15 is 0 Å². The molecule has 1 rings (SSSR count). The van der Waals surface area contributed by atoms with Gasteiger partial charge < -0.3 is 5.11 Å². The zero-order valence-corrected chi connectivity index (χ0v) is 12.6. The average Bonchev–Trinajstić information content (AvgIpc) is 2.37. The molecule has 0 amide bonds. The predicted octanol–water partition coefficient (Wildman–Crippen LogP) is 2.19. The summed E-state index contributed by atoms with van der Waals surface area (Å²) in [5.74, 6) is -1.14. The molecule has 0 fully saturated rings. The lowest BCUT2D eigenvalue weighted by molar-refractivity contribution is 0.0696. The Morgan fingerprint density at radius 2 is 2.00 bits per heavy atom. The summed E-state index contributed by atoms with van der Waals surface area (Å²) in [5.41, 5.74) is 1.56. The van der Waals surface area contributed by atoms with E-state index < -0.39 is 16.0 Å². The number of allylic oxidation sites excluding steroid dienone is 1. The number of aromatic carboxylic acids is 1. The van der Waals surface area contributed by atoms with Crippen molar-refractivity contribution in [3.63, 3.8) is 0 Å². The number of benzene rings is 1. The number of hydrogen-bond donors (Lipinski definition) is 2. The summed E-state index contributed by atoms with van der Waals surface area (Å²) in [4.78, 5) is 11.0. The fourth-order valence-corrected chi connectivity index (χ4v) is 2.96. The summed E-state index contributed by atoms with van der Waals surface area (Å²) in [6.45, 7) is 5.75. The van der Waals surface area contributed by atoms with Gasteiger partial charge in [0.25, 0.3) is 0 Å². The molecule has 0 aliphatic rings. The number of rotatable bonds is 6. The number of hydrogen-bond acceptors (Lipinski definition) is 3. The van der Waals surface area contributed by atoms with Crippen molar-refractivity contribution in [3.05, 3.63) is 41.0 Å².